The summed E-state index contributed by atoms with van der Waals surface area (Å²) >= 11 is 0. The van der Waals surface area contributed by atoms with Gasteiger partial charge in [0, 0.05) is 0 Å². The summed E-state index contributed by atoms with van der Waals surface area (Å²) in [5, 5.41) is 0. The second kappa shape index (κ2) is 14.5. The first kappa shape index (κ1) is 15.5. The molecular weight excluding hydrogens is 192 g/mol. The van der Waals surface area contributed by atoms with Gasteiger partial charge in [0.15, 0.2) is 0 Å². The first-order valence-electron chi connectivity index (χ1n) is 7.18. The number of allylic oxidation sites excluding steroid dienone is 4. The van der Waals surface area contributed by atoms with Gasteiger partial charge in [-0.3, -0.25) is 0 Å². The summed E-state index contributed by atoms with van der Waals surface area (Å²) in [4.78, 5) is 0. The molecule has 0 bridgehead atoms. The quantitative estimate of drug-likeness (QED) is 0.295. The largest absolute Gasteiger partial charge is 0.0914 e. The lowest BCUT2D eigenvalue weighted by Gasteiger charge is -1.99. The highest BCUT2D eigenvalue weighted by Gasteiger charge is 1.89. The van der Waals surface area contributed by atoms with Gasteiger partial charge in [-0.1, -0.05) is 76.2 Å². The predicted molar refractivity (Wildman–Crippen MR) is 75.8 cm³/mol. The third-order valence-electron chi connectivity index (χ3n) is 2.90. The van der Waals surface area contributed by atoms with Crippen molar-refractivity contribution in [1.29, 1.82) is 0 Å². The lowest BCUT2D eigenvalue weighted by atomic mass is 10.1. The van der Waals surface area contributed by atoms with E-state index >= 15 is 0 Å². The maximum absolute atomic E-state index is 2.33. The third-order valence-corrected chi connectivity index (χ3v) is 2.90. The zero-order chi connectivity index (χ0) is 11.9. The van der Waals surface area contributed by atoms with E-state index in [4.69, 9.17) is 0 Å². The second-order valence-corrected chi connectivity index (χ2v) is 4.54. The van der Waals surface area contributed by atoms with Crippen molar-refractivity contribution in [3.05, 3.63) is 24.3 Å². The maximum atomic E-state index is 2.33. The summed E-state index contributed by atoms with van der Waals surface area (Å²) in [6, 6.07) is 0. The van der Waals surface area contributed by atoms with Crippen LogP contribution in [-0.2, 0) is 0 Å². The van der Waals surface area contributed by atoms with Crippen molar-refractivity contribution in [3.8, 4) is 0 Å². The van der Waals surface area contributed by atoms with Crippen LogP contribution in [0.4, 0.5) is 0 Å². The molecule has 0 heteroatoms. The normalized spacial score (nSPS) is 11.9. The summed E-state index contributed by atoms with van der Waals surface area (Å²) in [6.07, 6.45) is 22.6. The Hall–Kier alpha value is -0.520. The maximum Gasteiger partial charge on any atom is -0.0169 e. The Morgan fingerprint density at radius 2 is 1.31 bits per heavy atom. The molecule has 0 aromatic rings. The van der Waals surface area contributed by atoms with E-state index in [1.165, 1.54) is 57.8 Å². The van der Waals surface area contributed by atoms with Gasteiger partial charge in [0.1, 0.15) is 0 Å². The van der Waals surface area contributed by atoms with Gasteiger partial charge in [-0.2, -0.15) is 0 Å². The van der Waals surface area contributed by atoms with Gasteiger partial charge in [0.25, 0.3) is 0 Å². The number of unbranched alkanes of at least 4 members (excludes halogenated alkanes) is 8. The van der Waals surface area contributed by atoms with Crippen LogP contribution in [0.25, 0.3) is 0 Å². The van der Waals surface area contributed by atoms with Crippen molar-refractivity contribution in [2.45, 2.75) is 78.1 Å². The van der Waals surface area contributed by atoms with E-state index in [1.54, 1.807) is 0 Å². The van der Waals surface area contributed by atoms with Gasteiger partial charge in [-0.15, -0.1) is 0 Å². The molecule has 0 aliphatic rings. The molecule has 0 aliphatic carbocycles. The summed E-state index contributed by atoms with van der Waals surface area (Å²) < 4.78 is 0. The molecule has 0 nitrogen and oxygen atoms in total. The highest BCUT2D eigenvalue weighted by atomic mass is 14.0. The van der Waals surface area contributed by atoms with E-state index < -0.39 is 0 Å². The minimum atomic E-state index is 1.10. The lowest BCUT2D eigenvalue weighted by Crippen LogP contribution is -1.79. The average molecular weight is 222 g/mol. The number of hydrogen-bond donors (Lipinski definition) is 0. The minimum absolute atomic E-state index is 1.10. The van der Waals surface area contributed by atoms with Crippen LogP contribution in [0.3, 0.4) is 0 Å². The van der Waals surface area contributed by atoms with Gasteiger partial charge in [-0.25, -0.2) is 0 Å². The summed E-state index contributed by atoms with van der Waals surface area (Å²) in [5.41, 5.74) is 0. The van der Waals surface area contributed by atoms with Crippen molar-refractivity contribution < 1.29 is 0 Å². The molecule has 0 unspecified atom stereocenters. The molecule has 0 fully saturated rings. The minimum Gasteiger partial charge on any atom is -0.0914 e. The zero-order valence-corrected chi connectivity index (χ0v) is 11.4. The van der Waals surface area contributed by atoms with Crippen LogP contribution in [-0.4, -0.2) is 0 Å². The van der Waals surface area contributed by atoms with E-state index in [0.717, 1.165) is 6.42 Å². The highest BCUT2D eigenvalue weighted by molar-refractivity contribution is 4.91. The summed E-state index contributed by atoms with van der Waals surface area (Å²) in [5.74, 6) is 0. The van der Waals surface area contributed by atoms with E-state index in [1.807, 2.05) is 0 Å². The topological polar surface area (TPSA) is 0 Å². The number of rotatable bonds is 11. The van der Waals surface area contributed by atoms with Crippen molar-refractivity contribution >= 4 is 0 Å². The molecule has 0 spiro atoms. The Balaban J connectivity index is 3.00. The Labute approximate surface area is 103 Å². The van der Waals surface area contributed by atoms with Gasteiger partial charge in [0.05, 0.1) is 0 Å². The van der Waals surface area contributed by atoms with Crippen LogP contribution in [0.1, 0.15) is 78.1 Å². The molecule has 0 saturated carbocycles. The van der Waals surface area contributed by atoms with Gasteiger partial charge >= 0.3 is 0 Å². The van der Waals surface area contributed by atoms with Crippen LogP contribution in [0, 0.1) is 0 Å². The molecule has 0 N–H and O–H groups in total. The number of hydrogen-bond acceptors (Lipinski definition) is 0. The van der Waals surface area contributed by atoms with Crippen LogP contribution in [0.2, 0.25) is 0 Å². The SMILES string of the molecule is C/C=C/C/C=C\CCCCCCCCCC. The second-order valence-electron chi connectivity index (χ2n) is 4.54. The Morgan fingerprint density at radius 1 is 0.688 bits per heavy atom. The molecule has 94 valence electrons. The summed E-state index contributed by atoms with van der Waals surface area (Å²) in [6.45, 7) is 4.35. The van der Waals surface area contributed by atoms with Crippen molar-refractivity contribution in [3.63, 3.8) is 0 Å². The highest BCUT2D eigenvalue weighted by Crippen LogP contribution is 2.09. The molecule has 0 aromatic carbocycles. The first-order valence-corrected chi connectivity index (χ1v) is 7.18. The molecule has 0 radical (unpaired) electrons. The smallest absolute Gasteiger partial charge is 0.0169 e. The molecule has 0 amide bonds. The van der Waals surface area contributed by atoms with Crippen LogP contribution in [0.15, 0.2) is 24.3 Å². The Bertz CT molecular complexity index is 165. The van der Waals surface area contributed by atoms with Crippen LogP contribution >= 0.6 is 0 Å². The fraction of sp³-hybridized carbons (Fsp3) is 0.750. The first-order chi connectivity index (χ1) is 7.91. The summed E-state index contributed by atoms with van der Waals surface area (Å²) in [7, 11) is 0. The third kappa shape index (κ3) is 13.5. The van der Waals surface area contributed by atoms with E-state index in [-0.39, 0.29) is 0 Å². The fourth-order valence-electron chi connectivity index (χ4n) is 1.82. The molecule has 0 heterocycles. The molecule has 0 saturated heterocycles. The fourth-order valence-corrected chi connectivity index (χ4v) is 1.82. The van der Waals surface area contributed by atoms with Crippen molar-refractivity contribution in [1.82, 2.24) is 0 Å². The van der Waals surface area contributed by atoms with Crippen LogP contribution < -0.4 is 0 Å². The van der Waals surface area contributed by atoms with Crippen molar-refractivity contribution in [2.24, 2.45) is 0 Å². The molecule has 0 aromatic heterocycles. The molecule has 16 heavy (non-hydrogen) atoms. The van der Waals surface area contributed by atoms with Gasteiger partial charge in [0.2, 0.25) is 0 Å². The Kier molecular flexibility index (Phi) is 14.0. The van der Waals surface area contributed by atoms with Crippen LogP contribution in [0.5, 0.6) is 0 Å². The predicted octanol–water partition coefficient (Wildman–Crippen LogP) is 6.04. The average Bonchev–Trinajstić information content (AvgIpc) is 2.31. The van der Waals surface area contributed by atoms with Gasteiger partial charge in [-0.05, 0) is 26.2 Å². The van der Waals surface area contributed by atoms with E-state index in [0.29, 0.717) is 0 Å². The molecular formula is C16H30. The standard InChI is InChI=1S/C16H30/c1-3-5-7-9-11-13-15-16-14-12-10-8-6-4-2/h3,5,9,11H,4,6-8,10,12-16H2,1-2H3/b5-3+,11-9-. The van der Waals surface area contributed by atoms with Crippen molar-refractivity contribution in [2.75, 3.05) is 0 Å². The van der Waals surface area contributed by atoms with E-state index in [9.17, 15) is 0 Å². The zero-order valence-electron chi connectivity index (χ0n) is 11.4. The van der Waals surface area contributed by atoms with E-state index in [2.05, 4.69) is 38.2 Å². The monoisotopic (exact) mass is 222 g/mol. The molecule has 0 atom stereocenters. The molecule has 0 rings (SSSR count). The lowest BCUT2D eigenvalue weighted by molar-refractivity contribution is 0.577. The molecule has 0 aliphatic heterocycles. The Morgan fingerprint density at radius 3 is 1.94 bits per heavy atom. The van der Waals surface area contributed by atoms with Gasteiger partial charge < -0.3 is 0 Å².